The van der Waals surface area contributed by atoms with Gasteiger partial charge < -0.3 is 10.6 Å². The highest BCUT2D eigenvalue weighted by Crippen LogP contribution is 2.33. The number of benzene rings is 2. The van der Waals surface area contributed by atoms with Crippen molar-refractivity contribution in [3.05, 3.63) is 58.9 Å². The lowest BCUT2D eigenvalue weighted by Gasteiger charge is -2.11. The lowest BCUT2D eigenvalue weighted by atomic mass is 9.97. The molecule has 0 fully saturated rings. The van der Waals surface area contributed by atoms with Gasteiger partial charge in [-0.3, -0.25) is 4.79 Å². The van der Waals surface area contributed by atoms with E-state index >= 15 is 0 Å². The highest BCUT2D eigenvalue weighted by atomic mass is 35.5. The standard InChI is InChI=1S/C16H14ClFN2O/c17-11-5-6-13(18)15(8-11)20-16(21)7-10-9-19-14-4-2-1-3-12(10)14/h1-6,8,10,19H,7,9H2,(H,20,21). The van der Waals surface area contributed by atoms with Crippen molar-refractivity contribution in [2.75, 3.05) is 17.2 Å². The van der Waals surface area contributed by atoms with Crippen LogP contribution < -0.4 is 10.6 Å². The van der Waals surface area contributed by atoms with Crippen molar-refractivity contribution < 1.29 is 9.18 Å². The molecule has 21 heavy (non-hydrogen) atoms. The smallest absolute Gasteiger partial charge is 0.225 e. The van der Waals surface area contributed by atoms with Crippen molar-refractivity contribution in [3.8, 4) is 0 Å². The molecule has 0 bridgehead atoms. The molecule has 2 N–H and O–H groups in total. The number of rotatable bonds is 3. The van der Waals surface area contributed by atoms with Crippen LogP contribution in [-0.2, 0) is 4.79 Å². The average Bonchev–Trinajstić information content (AvgIpc) is 2.86. The molecule has 1 atom stereocenters. The number of para-hydroxylation sites is 1. The monoisotopic (exact) mass is 304 g/mol. The Morgan fingerprint density at radius 2 is 2.14 bits per heavy atom. The van der Waals surface area contributed by atoms with Crippen LogP contribution in [0.2, 0.25) is 5.02 Å². The van der Waals surface area contributed by atoms with E-state index in [4.69, 9.17) is 11.6 Å². The first kappa shape index (κ1) is 13.9. The molecule has 1 aliphatic heterocycles. The third-order valence-corrected chi connectivity index (χ3v) is 3.81. The predicted octanol–water partition coefficient (Wildman–Crippen LogP) is 4.02. The van der Waals surface area contributed by atoms with Gasteiger partial charge in [0.1, 0.15) is 5.82 Å². The van der Waals surface area contributed by atoms with Gasteiger partial charge in [0, 0.05) is 29.6 Å². The Morgan fingerprint density at radius 1 is 1.33 bits per heavy atom. The van der Waals surface area contributed by atoms with E-state index in [0.29, 0.717) is 18.0 Å². The molecule has 0 spiro atoms. The van der Waals surface area contributed by atoms with Crippen LogP contribution in [0.4, 0.5) is 15.8 Å². The first-order valence-corrected chi connectivity index (χ1v) is 7.09. The van der Waals surface area contributed by atoms with Gasteiger partial charge in [-0.25, -0.2) is 4.39 Å². The fourth-order valence-electron chi connectivity index (χ4n) is 2.56. The van der Waals surface area contributed by atoms with E-state index in [1.165, 1.54) is 18.2 Å². The van der Waals surface area contributed by atoms with Gasteiger partial charge in [-0.2, -0.15) is 0 Å². The Labute approximate surface area is 127 Å². The van der Waals surface area contributed by atoms with Crippen LogP contribution in [0, 0.1) is 5.82 Å². The zero-order valence-corrected chi connectivity index (χ0v) is 12.0. The molecule has 0 saturated heterocycles. The summed E-state index contributed by atoms with van der Waals surface area (Å²) in [5, 5.41) is 6.24. The highest BCUT2D eigenvalue weighted by molar-refractivity contribution is 6.30. The van der Waals surface area contributed by atoms with Crippen LogP contribution in [0.3, 0.4) is 0 Å². The van der Waals surface area contributed by atoms with Crippen LogP contribution in [0.25, 0.3) is 0 Å². The molecule has 0 aromatic heterocycles. The maximum Gasteiger partial charge on any atom is 0.225 e. The topological polar surface area (TPSA) is 41.1 Å². The van der Waals surface area contributed by atoms with E-state index in [1.807, 2.05) is 24.3 Å². The Morgan fingerprint density at radius 3 is 3.00 bits per heavy atom. The minimum atomic E-state index is -0.488. The molecule has 108 valence electrons. The summed E-state index contributed by atoms with van der Waals surface area (Å²) in [6, 6.07) is 12.0. The number of hydrogen-bond acceptors (Lipinski definition) is 2. The maximum atomic E-state index is 13.6. The Kier molecular flexibility index (Phi) is 3.80. The zero-order valence-electron chi connectivity index (χ0n) is 11.2. The molecule has 0 saturated carbocycles. The molecule has 1 aliphatic rings. The van der Waals surface area contributed by atoms with Crippen molar-refractivity contribution in [2.24, 2.45) is 0 Å². The molecule has 1 heterocycles. The summed E-state index contributed by atoms with van der Waals surface area (Å²) >= 11 is 5.81. The number of carbonyl (C=O) groups excluding carboxylic acids is 1. The first-order chi connectivity index (χ1) is 10.1. The lowest BCUT2D eigenvalue weighted by molar-refractivity contribution is -0.116. The summed E-state index contributed by atoms with van der Waals surface area (Å²) in [5.41, 5.74) is 2.30. The van der Waals surface area contributed by atoms with E-state index in [2.05, 4.69) is 10.6 Å². The summed E-state index contributed by atoms with van der Waals surface area (Å²) < 4.78 is 13.6. The van der Waals surface area contributed by atoms with Gasteiger partial charge in [-0.1, -0.05) is 29.8 Å². The SMILES string of the molecule is O=C(CC1CNc2ccccc21)Nc1cc(Cl)ccc1F. The van der Waals surface area contributed by atoms with Gasteiger partial charge in [-0.05, 0) is 29.8 Å². The number of carbonyl (C=O) groups is 1. The zero-order chi connectivity index (χ0) is 14.8. The average molecular weight is 305 g/mol. The summed E-state index contributed by atoms with van der Waals surface area (Å²) in [4.78, 5) is 12.1. The third-order valence-electron chi connectivity index (χ3n) is 3.57. The number of anilines is 2. The fourth-order valence-corrected chi connectivity index (χ4v) is 2.73. The van der Waals surface area contributed by atoms with Crippen LogP contribution in [0.5, 0.6) is 0 Å². The highest BCUT2D eigenvalue weighted by Gasteiger charge is 2.24. The number of nitrogens with one attached hydrogen (secondary N) is 2. The Balaban J connectivity index is 1.69. The van der Waals surface area contributed by atoms with Gasteiger partial charge in [0.25, 0.3) is 0 Å². The molecule has 1 unspecified atom stereocenters. The van der Waals surface area contributed by atoms with Gasteiger partial charge in [0.15, 0.2) is 0 Å². The maximum absolute atomic E-state index is 13.6. The lowest BCUT2D eigenvalue weighted by Crippen LogP contribution is -2.17. The third kappa shape index (κ3) is 3.00. The Bertz CT molecular complexity index is 690. The van der Waals surface area contributed by atoms with Gasteiger partial charge >= 0.3 is 0 Å². The molecule has 2 aromatic carbocycles. The van der Waals surface area contributed by atoms with Crippen LogP contribution in [-0.4, -0.2) is 12.5 Å². The van der Waals surface area contributed by atoms with E-state index in [-0.39, 0.29) is 17.5 Å². The van der Waals surface area contributed by atoms with Gasteiger partial charge in [-0.15, -0.1) is 0 Å². The van der Waals surface area contributed by atoms with Crippen LogP contribution in [0.15, 0.2) is 42.5 Å². The normalized spacial score (nSPS) is 16.2. The minimum absolute atomic E-state index is 0.100. The molecular formula is C16H14ClFN2O. The molecule has 0 radical (unpaired) electrons. The van der Waals surface area contributed by atoms with Gasteiger partial charge in [0.2, 0.25) is 5.91 Å². The molecule has 2 aromatic rings. The summed E-state index contributed by atoms with van der Waals surface area (Å²) in [7, 11) is 0. The van der Waals surface area contributed by atoms with Crippen molar-refractivity contribution >= 4 is 28.9 Å². The quantitative estimate of drug-likeness (QED) is 0.899. The summed E-state index contributed by atoms with van der Waals surface area (Å²) in [5.74, 6) is -0.610. The first-order valence-electron chi connectivity index (χ1n) is 6.71. The molecule has 3 nitrogen and oxygen atoms in total. The van der Waals surface area contributed by atoms with Crippen LogP contribution >= 0.6 is 11.6 Å². The number of fused-ring (bicyclic) bond motifs is 1. The minimum Gasteiger partial charge on any atom is -0.384 e. The van der Waals surface area contributed by atoms with Crippen molar-refractivity contribution in [2.45, 2.75) is 12.3 Å². The molecular weight excluding hydrogens is 291 g/mol. The van der Waals surface area contributed by atoms with Crippen molar-refractivity contribution in [1.82, 2.24) is 0 Å². The van der Waals surface area contributed by atoms with Gasteiger partial charge in [0.05, 0.1) is 5.69 Å². The number of halogens is 2. The van der Waals surface area contributed by atoms with E-state index in [9.17, 15) is 9.18 Å². The largest absolute Gasteiger partial charge is 0.384 e. The fraction of sp³-hybridized carbons (Fsp3) is 0.188. The second-order valence-electron chi connectivity index (χ2n) is 5.04. The van der Waals surface area contributed by atoms with Crippen molar-refractivity contribution in [3.63, 3.8) is 0 Å². The number of hydrogen-bond donors (Lipinski definition) is 2. The van der Waals surface area contributed by atoms with E-state index in [1.54, 1.807) is 0 Å². The number of amides is 1. The van der Waals surface area contributed by atoms with Crippen molar-refractivity contribution in [1.29, 1.82) is 0 Å². The molecule has 3 rings (SSSR count). The molecule has 0 aliphatic carbocycles. The summed E-state index contributed by atoms with van der Waals surface area (Å²) in [6.07, 6.45) is 0.302. The van der Waals surface area contributed by atoms with Crippen LogP contribution in [0.1, 0.15) is 17.9 Å². The summed E-state index contributed by atoms with van der Waals surface area (Å²) in [6.45, 7) is 0.713. The predicted molar refractivity (Wildman–Crippen MR) is 82.3 cm³/mol. The second kappa shape index (κ2) is 5.74. The second-order valence-corrected chi connectivity index (χ2v) is 5.48. The van der Waals surface area contributed by atoms with E-state index < -0.39 is 5.82 Å². The molecule has 1 amide bonds. The van der Waals surface area contributed by atoms with E-state index in [0.717, 1.165) is 11.3 Å². The molecule has 5 heteroatoms. The Hall–Kier alpha value is -2.07.